The van der Waals surface area contributed by atoms with Crippen molar-refractivity contribution < 1.29 is 20.1 Å². The minimum Gasteiger partial charge on any atom is -0.508 e. The van der Waals surface area contributed by atoms with Gasteiger partial charge in [-0.05, 0) is 42.7 Å². The van der Waals surface area contributed by atoms with Gasteiger partial charge in [-0.25, -0.2) is 5.43 Å². The predicted octanol–water partition coefficient (Wildman–Crippen LogP) is 2.80. The number of nitrogens with one attached hydrogen (secondary N) is 1. The molecule has 0 unspecified atom stereocenters. The SMILES string of the molecule is Cc1cc(CSCC(=O)N/N=C/c2ccc(O)cc2O)cc(C)c1O. The predicted molar refractivity (Wildman–Crippen MR) is 99.3 cm³/mol. The van der Waals surface area contributed by atoms with Crippen molar-refractivity contribution in [2.45, 2.75) is 19.6 Å². The van der Waals surface area contributed by atoms with Crippen molar-refractivity contribution in [1.82, 2.24) is 5.43 Å². The van der Waals surface area contributed by atoms with Crippen LogP contribution in [0.4, 0.5) is 0 Å². The van der Waals surface area contributed by atoms with Crippen LogP contribution in [0.2, 0.25) is 0 Å². The molecular formula is C18H20N2O4S. The molecule has 1 amide bonds. The van der Waals surface area contributed by atoms with Crippen LogP contribution >= 0.6 is 11.8 Å². The molecule has 0 radical (unpaired) electrons. The van der Waals surface area contributed by atoms with Crippen molar-refractivity contribution in [2.75, 3.05) is 5.75 Å². The molecule has 2 aromatic carbocycles. The molecule has 6 nitrogen and oxygen atoms in total. The number of nitrogens with zero attached hydrogens (tertiary/aromatic N) is 1. The number of carbonyl (C=O) groups excluding carboxylic acids is 1. The molecule has 2 aromatic rings. The molecule has 0 aromatic heterocycles. The molecule has 0 saturated carbocycles. The monoisotopic (exact) mass is 360 g/mol. The lowest BCUT2D eigenvalue weighted by Gasteiger charge is -2.07. The van der Waals surface area contributed by atoms with Gasteiger partial charge in [0.2, 0.25) is 5.91 Å². The van der Waals surface area contributed by atoms with Crippen LogP contribution in [-0.2, 0) is 10.5 Å². The Kier molecular flexibility index (Phi) is 6.30. The van der Waals surface area contributed by atoms with Crippen LogP contribution in [0, 0.1) is 13.8 Å². The number of aryl methyl sites for hydroxylation is 2. The summed E-state index contributed by atoms with van der Waals surface area (Å²) in [7, 11) is 0. The Hall–Kier alpha value is -2.67. The van der Waals surface area contributed by atoms with Crippen molar-refractivity contribution >= 4 is 23.9 Å². The minimum atomic E-state index is -0.258. The van der Waals surface area contributed by atoms with E-state index >= 15 is 0 Å². The number of thioether (sulfide) groups is 1. The van der Waals surface area contributed by atoms with Crippen molar-refractivity contribution in [3.05, 3.63) is 52.6 Å². The summed E-state index contributed by atoms with van der Waals surface area (Å²) in [5.74, 6) is 0.765. The van der Waals surface area contributed by atoms with Gasteiger partial charge in [-0.2, -0.15) is 5.10 Å². The van der Waals surface area contributed by atoms with Crippen molar-refractivity contribution in [1.29, 1.82) is 0 Å². The van der Waals surface area contributed by atoms with E-state index in [2.05, 4.69) is 10.5 Å². The molecule has 0 aliphatic rings. The quantitative estimate of drug-likeness (QED) is 0.469. The van der Waals surface area contributed by atoms with Crippen molar-refractivity contribution in [3.8, 4) is 17.2 Å². The van der Waals surface area contributed by atoms with Crippen LogP contribution in [0.1, 0.15) is 22.3 Å². The van der Waals surface area contributed by atoms with E-state index in [1.54, 1.807) is 0 Å². The summed E-state index contributed by atoms with van der Waals surface area (Å²) < 4.78 is 0. The van der Waals surface area contributed by atoms with Gasteiger partial charge < -0.3 is 15.3 Å². The smallest absolute Gasteiger partial charge is 0.250 e. The Morgan fingerprint density at radius 2 is 1.84 bits per heavy atom. The molecule has 0 bridgehead atoms. The topological polar surface area (TPSA) is 102 Å². The first kappa shape index (κ1) is 18.7. The first-order chi connectivity index (χ1) is 11.9. The van der Waals surface area contributed by atoms with Gasteiger partial charge in [0.25, 0.3) is 0 Å². The minimum absolute atomic E-state index is 0.0465. The molecule has 7 heteroatoms. The van der Waals surface area contributed by atoms with E-state index < -0.39 is 0 Å². The second kappa shape index (κ2) is 8.43. The number of rotatable bonds is 6. The molecule has 0 aliphatic carbocycles. The normalized spacial score (nSPS) is 11.0. The number of benzene rings is 2. The first-order valence-corrected chi connectivity index (χ1v) is 8.73. The number of hydrogen-bond acceptors (Lipinski definition) is 6. The Labute approximate surface area is 150 Å². The molecule has 132 valence electrons. The highest BCUT2D eigenvalue weighted by atomic mass is 32.2. The van der Waals surface area contributed by atoms with Gasteiger partial charge in [-0.3, -0.25) is 4.79 Å². The van der Waals surface area contributed by atoms with Gasteiger partial charge in [-0.15, -0.1) is 11.8 Å². The zero-order valence-corrected chi connectivity index (χ0v) is 14.8. The number of phenolic OH excluding ortho intramolecular Hbond substituents is 3. The standard InChI is InChI=1S/C18H20N2O4S/c1-11-5-13(6-12(2)18(11)24)9-25-10-17(23)20-19-8-14-3-4-15(21)7-16(14)22/h3-8,21-22,24H,9-10H2,1-2H3,(H,20,23)/b19-8+. The van der Waals surface area contributed by atoms with Gasteiger partial charge in [-0.1, -0.05) is 12.1 Å². The van der Waals surface area contributed by atoms with E-state index in [-0.39, 0.29) is 23.2 Å². The van der Waals surface area contributed by atoms with E-state index in [0.29, 0.717) is 17.1 Å². The molecule has 2 rings (SSSR count). The van der Waals surface area contributed by atoms with Gasteiger partial charge in [0.05, 0.1) is 12.0 Å². The van der Waals surface area contributed by atoms with Gasteiger partial charge in [0, 0.05) is 17.4 Å². The lowest BCUT2D eigenvalue weighted by molar-refractivity contribution is -0.118. The first-order valence-electron chi connectivity index (χ1n) is 7.57. The van der Waals surface area contributed by atoms with Gasteiger partial charge >= 0.3 is 0 Å². The lowest BCUT2D eigenvalue weighted by Crippen LogP contribution is -2.19. The molecule has 0 saturated heterocycles. The molecule has 0 aliphatic heterocycles. The molecule has 0 fully saturated rings. The van der Waals surface area contributed by atoms with Crippen LogP contribution in [-0.4, -0.2) is 33.2 Å². The number of phenols is 3. The second-order valence-corrected chi connectivity index (χ2v) is 6.59. The van der Waals surface area contributed by atoms with Crippen molar-refractivity contribution in [3.63, 3.8) is 0 Å². The Balaban J connectivity index is 1.80. The zero-order chi connectivity index (χ0) is 18.4. The maximum Gasteiger partial charge on any atom is 0.250 e. The van der Waals surface area contributed by atoms with Crippen LogP contribution < -0.4 is 5.43 Å². The average Bonchev–Trinajstić information content (AvgIpc) is 2.54. The molecule has 0 heterocycles. The maximum atomic E-state index is 11.8. The van der Waals surface area contributed by atoms with Crippen LogP contribution in [0.3, 0.4) is 0 Å². The lowest BCUT2D eigenvalue weighted by atomic mass is 10.1. The Bertz CT molecular complexity index is 783. The van der Waals surface area contributed by atoms with Gasteiger partial charge in [0.15, 0.2) is 0 Å². The third-order valence-electron chi connectivity index (χ3n) is 3.46. The summed E-state index contributed by atoms with van der Waals surface area (Å²) in [5, 5.41) is 32.3. The van der Waals surface area contributed by atoms with E-state index in [0.717, 1.165) is 16.7 Å². The average molecular weight is 360 g/mol. The summed E-state index contributed by atoms with van der Waals surface area (Å²) in [6.07, 6.45) is 1.31. The van der Waals surface area contributed by atoms with Gasteiger partial charge in [0.1, 0.15) is 17.2 Å². The molecule has 0 atom stereocenters. The fraction of sp³-hybridized carbons (Fsp3) is 0.222. The highest BCUT2D eigenvalue weighted by Gasteiger charge is 2.05. The van der Waals surface area contributed by atoms with E-state index in [1.165, 1.54) is 36.2 Å². The third kappa shape index (κ3) is 5.42. The van der Waals surface area contributed by atoms with Crippen LogP contribution in [0.25, 0.3) is 0 Å². The third-order valence-corrected chi connectivity index (χ3v) is 4.46. The summed E-state index contributed by atoms with van der Waals surface area (Å²) in [6.45, 7) is 3.69. The van der Waals surface area contributed by atoms with Crippen LogP contribution in [0.15, 0.2) is 35.4 Å². The molecule has 4 N–H and O–H groups in total. The number of hydrogen-bond donors (Lipinski definition) is 4. The number of hydrazone groups is 1. The summed E-state index contributed by atoms with van der Waals surface area (Å²) >= 11 is 1.44. The second-order valence-electron chi connectivity index (χ2n) is 5.61. The molecular weight excluding hydrogens is 340 g/mol. The summed E-state index contributed by atoms with van der Waals surface area (Å²) in [6, 6.07) is 7.91. The van der Waals surface area contributed by atoms with Crippen LogP contribution in [0.5, 0.6) is 17.2 Å². The highest BCUT2D eigenvalue weighted by molar-refractivity contribution is 7.99. The summed E-state index contributed by atoms with van der Waals surface area (Å²) in [5.41, 5.74) is 5.46. The fourth-order valence-electron chi connectivity index (χ4n) is 2.24. The number of carbonyl (C=O) groups is 1. The highest BCUT2D eigenvalue weighted by Crippen LogP contribution is 2.25. The zero-order valence-electron chi connectivity index (χ0n) is 14.0. The van der Waals surface area contributed by atoms with Crippen molar-refractivity contribution in [2.24, 2.45) is 5.10 Å². The fourth-order valence-corrected chi connectivity index (χ4v) is 2.99. The molecule has 25 heavy (non-hydrogen) atoms. The van der Waals surface area contributed by atoms with E-state index in [9.17, 15) is 20.1 Å². The Morgan fingerprint density at radius 1 is 1.16 bits per heavy atom. The number of amides is 1. The maximum absolute atomic E-state index is 11.8. The summed E-state index contributed by atoms with van der Waals surface area (Å²) in [4.78, 5) is 11.8. The number of aromatic hydroxyl groups is 3. The largest absolute Gasteiger partial charge is 0.508 e. The van der Waals surface area contributed by atoms with E-state index in [1.807, 2.05) is 26.0 Å². The molecule has 0 spiro atoms. The van der Waals surface area contributed by atoms with E-state index in [4.69, 9.17) is 0 Å². The Morgan fingerprint density at radius 3 is 2.48 bits per heavy atom.